The Balaban J connectivity index is 3.04. The van der Waals surface area contributed by atoms with Crippen LogP contribution >= 0.6 is 0 Å². The molecule has 0 aromatic heterocycles. The number of nitrogens with two attached hydrogens (primary N) is 1. The van der Waals surface area contributed by atoms with Crippen molar-refractivity contribution in [3.8, 4) is 0 Å². The van der Waals surface area contributed by atoms with Crippen molar-refractivity contribution in [3.05, 3.63) is 65.9 Å². The van der Waals surface area contributed by atoms with Gasteiger partial charge in [-0.2, -0.15) is 0 Å². The first-order valence-corrected chi connectivity index (χ1v) is 7.78. The Morgan fingerprint density at radius 2 is 2.00 bits per heavy atom. The zero-order chi connectivity index (χ0) is 16.4. The summed E-state index contributed by atoms with van der Waals surface area (Å²) in [4.78, 5) is 4.47. The lowest BCUT2D eigenvalue weighted by atomic mass is 10.0. The second-order valence-electron chi connectivity index (χ2n) is 5.03. The summed E-state index contributed by atoms with van der Waals surface area (Å²) in [5, 5.41) is 3.35. The third-order valence-electron chi connectivity index (χ3n) is 3.29. The molecule has 3 N–H and O–H groups in total. The molecule has 22 heavy (non-hydrogen) atoms. The van der Waals surface area contributed by atoms with E-state index in [0.717, 1.165) is 29.8 Å². The fourth-order valence-electron chi connectivity index (χ4n) is 1.99. The van der Waals surface area contributed by atoms with Crippen molar-refractivity contribution < 1.29 is 0 Å². The Hall–Kier alpha value is -2.13. The zero-order valence-corrected chi connectivity index (χ0v) is 13.8. The molecule has 0 fully saturated rings. The van der Waals surface area contributed by atoms with Crippen LogP contribution in [0.1, 0.15) is 33.6 Å². The molecule has 0 amide bonds. The molecule has 1 unspecified atom stereocenters. The zero-order valence-electron chi connectivity index (χ0n) is 13.8. The van der Waals surface area contributed by atoms with Crippen LogP contribution in [0.3, 0.4) is 0 Å². The van der Waals surface area contributed by atoms with Gasteiger partial charge in [-0.15, -0.1) is 0 Å². The fraction of sp³-hybridized carbons (Fsp3) is 0.316. The van der Waals surface area contributed by atoms with Gasteiger partial charge in [0.05, 0.1) is 11.9 Å². The normalized spacial score (nSPS) is 14.2. The van der Waals surface area contributed by atoms with Gasteiger partial charge in [0.2, 0.25) is 0 Å². The summed E-state index contributed by atoms with van der Waals surface area (Å²) in [5.41, 5.74) is 9.94. The summed E-state index contributed by atoms with van der Waals surface area (Å²) >= 11 is 0. The van der Waals surface area contributed by atoms with Crippen LogP contribution in [0.5, 0.6) is 0 Å². The predicted octanol–water partition coefficient (Wildman–Crippen LogP) is 4.47. The summed E-state index contributed by atoms with van der Waals surface area (Å²) < 4.78 is 0. The molecule has 0 bridgehead atoms. The highest BCUT2D eigenvalue weighted by Gasteiger charge is 2.09. The van der Waals surface area contributed by atoms with E-state index in [4.69, 9.17) is 5.73 Å². The molecule has 3 heteroatoms. The first-order chi connectivity index (χ1) is 10.6. The molecule has 0 saturated heterocycles. The molecule has 1 rings (SSSR count). The quantitative estimate of drug-likeness (QED) is 0.422. The van der Waals surface area contributed by atoms with Gasteiger partial charge >= 0.3 is 0 Å². The number of aliphatic imine (C=N–C) groups is 1. The minimum atomic E-state index is -0.0938. The van der Waals surface area contributed by atoms with Gasteiger partial charge in [-0.05, 0) is 37.5 Å². The first-order valence-electron chi connectivity index (χ1n) is 7.78. The smallest absolute Gasteiger partial charge is 0.0740 e. The Morgan fingerprint density at radius 1 is 1.32 bits per heavy atom. The van der Waals surface area contributed by atoms with E-state index in [1.807, 2.05) is 43.3 Å². The van der Waals surface area contributed by atoms with Gasteiger partial charge in [0.15, 0.2) is 0 Å². The molecule has 0 radical (unpaired) electrons. The Labute approximate surface area is 134 Å². The molecule has 1 aromatic carbocycles. The first kappa shape index (κ1) is 17.9. The summed E-state index contributed by atoms with van der Waals surface area (Å²) in [6.45, 7) is 10.3. The van der Waals surface area contributed by atoms with Gasteiger partial charge in [-0.25, -0.2) is 0 Å². The van der Waals surface area contributed by atoms with E-state index in [0.29, 0.717) is 0 Å². The molecule has 1 aromatic rings. The van der Waals surface area contributed by atoms with Crippen molar-refractivity contribution in [2.75, 3.05) is 0 Å². The van der Waals surface area contributed by atoms with Gasteiger partial charge < -0.3 is 11.1 Å². The Bertz CT molecular complexity index is 553. The third-order valence-corrected chi connectivity index (χ3v) is 3.29. The van der Waals surface area contributed by atoms with Crippen LogP contribution in [-0.2, 0) is 0 Å². The molecular weight excluding hydrogens is 270 g/mol. The highest BCUT2D eigenvalue weighted by Crippen LogP contribution is 2.17. The highest BCUT2D eigenvalue weighted by molar-refractivity contribution is 5.86. The van der Waals surface area contributed by atoms with Crippen LogP contribution in [0, 0.1) is 0 Å². The number of benzene rings is 1. The minimum Gasteiger partial charge on any atom is -0.369 e. The summed E-state index contributed by atoms with van der Waals surface area (Å²) in [7, 11) is 0. The van der Waals surface area contributed by atoms with Crippen LogP contribution < -0.4 is 11.1 Å². The molecule has 0 saturated carbocycles. The van der Waals surface area contributed by atoms with Gasteiger partial charge in [0.1, 0.15) is 0 Å². The lowest BCUT2D eigenvalue weighted by Crippen LogP contribution is -2.37. The number of allylic oxidation sites excluding steroid dienone is 4. The second kappa shape index (κ2) is 9.74. The lowest BCUT2D eigenvalue weighted by Gasteiger charge is -2.19. The van der Waals surface area contributed by atoms with Crippen molar-refractivity contribution in [1.82, 2.24) is 5.32 Å². The predicted molar refractivity (Wildman–Crippen MR) is 97.3 cm³/mol. The van der Waals surface area contributed by atoms with E-state index in [-0.39, 0.29) is 6.17 Å². The van der Waals surface area contributed by atoms with E-state index < -0.39 is 0 Å². The molecule has 1 atom stereocenters. The largest absolute Gasteiger partial charge is 0.369 e. The Kier molecular flexibility index (Phi) is 7.94. The van der Waals surface area contributed by atoms with Gasteiger partial charge in [-0.3, -0.25) is 4.99 Å². The topological polar surface area (TPSA) is 50.4 Å². The molecule has 0 heterocycles. The van der Waals surface area contributed by atoms with Gasteiger partial charge in [0.25, 0.3) is 0 Å². The molecule has 0 spiro atoms. The van der Waals surface area contributed by atoms with Crippen LogP contribution in [0.25, 0.3) is 0 Å². The molecule has 3 nitrogen and oxygen atoms in total. The number of nitrogens with zero attached hydrogens (tertiary/aromatic N) is 1. The average Bonchev–Trinajstić information content (AvgIpc) is 2.56. The molecule has 0 aliphatic rings. The van der Waals surface area contributed by atoms with Gasteiger partial charge in [0, 0.05) is 17.5 Å². The van der Waals surface area contributed by atoms with Crippen LogP contribution in [0.15, 0.2) is 70.9 Å². The highest BCUT2D eigenvalue weighted by atomic mass is 15.0. The van der Waals surface area contributed by atoms with E-state index in [1.165, 1.54) is 5.57 Å². The van der Waals surface area contributed by atoms with E-state index in [1.54, 1.807) is 6.21 Å². The van der Waals surface area contributed by atoms with Gasteiger partial charge in [-0.1, -0.05) is 50.8 Å². The lowest BCUT2D eigenvalue weighted by molar-refractivity contribution is 0.573. The van der Waals surface area contributed by atoms with Crippen molar-refractivity contribution in [1.29, 1.82) is 0 Å². The van der Waals surface area contributed by atoms with Crippen LogP contribution in [0.4, 0.5) is 5.69 Å². The summed E-state index contributed by atoms with van der Waals surface area (Å²) in [5.74, 6) is 0. The number of hydrogen-bond acceptors (Lipinski definition) is 3. The van der Waals surface area contributed by atoms with E-state index in [2.05, 4.69) is 36.8 Å². The fourth-order valence-corrected chi connectivity index (χ4v) is 1.99. The average molecular weight is 297 g/mol. The standard InChI is InChI=1S/C19H27N3/c1-5-11-16(6-2)19(22-18(20)7-3)15(4)14-21-17-12-9-8-10-13-17/h5,8-14,18,22H,4,6-7,20H2,1-3H3/b11-5-,19-16+,21-14?. The monoisotopic (exact) mass is 297 g/mol. The SMILES string of the molecule is C=C(C=Nc1ccccc1)/C(NC(N)CC)=C(\C=C/C)CC. The maximum absolute atomic E-state index is 6.05. The van der Waals surface area contributed by atoms with Crippen molar-refractivity contribution in [2.24, 2.45) is 10.7 Å². The Morgan fingerprint density at radius 3 is 2.55 bits per heavy atom. The van der Waals surface area contributed by atoms with Crippen LogP contribution in [0.2, 0.25) is 0 Å². The molecular formula is C19H27N3. The number of rotatable bonds is 8. The number of para-hydroxylation sites is 1. The number of nitrogens with one attached hydrogen (secondary N) is 1. The molecule has 0 aliphatic carbocycles. The van der Waals surface area contributed by atoms with E-state index >= 15 is 0 Å². The maximum Gasteiger partial charge on any atom is 0.0740 e. The summed E-state index contributed by atoms with van der Waals surface area (Å²) in [6.07, 6.45) is 7.56. The van der Waals surface area contributed by atoms with E-state index in [9.17, 15) is 0 Å². The summed E-state index contributed by atoms with van der Waals surface area (Å²) in [6, 6.07) is 9.84. The molecule has 0 aliphatic heterocycles. The van der Waals surface area contributed by atoms with Crippen molar-refractivity contribution in [2.45, 2.75) is 39.8 Å². The minimum absolute atomic E-state index is 0.0938. The van der Waals surface area contributed by atoms with Crippen molar-refractivity contribution in [3.63, 3.8) is 0 Å². The third kappa shape index (κ3) is 5.70. The van der Waals surface area contributed by atoms with Crippen LogP contribution in [-0.4, -0.2) is 12.4 Å². The van der Waals surface area contributed by atoms with Crippen molar-refractivity contribution >= 4 is 11.9 Å². The maximum atomic E-state index is 6.05. The number of hydrogen-bond donors (Lipinski definition) is 2. The second-order valence-corrected chi connectivity index (χ2v) is 5.03. The molecule has 118 valence electrons.